The second-order valence-electron chi connectivity index (χ2n) is 5.28. The molecule has 0 heterocycles. The number of carbonyl (C=O) groups is 3. The van der Waals surface area contributed by atoms with Crippen LogP contribution in [0.25, 0.3) is 0 Å². The summed E-state index contributed by atoms with van der Waals surface area (Å²) >= 11 is 0. The van der Waals surface area contributed by atoms with Crippen LogP contribution in [0.4, 0.5) is 4.79 Å². The highest BCUT2D eigenvalue weighted by molar-refractivity contribution is 5.96. The van der Waals surface area contributed by atoms with Gasteiger partial charge in [-0.3, -0.25) is 14.9 Å². The Bertz CT molecular complexity index is 540. The molecule has 1 aromatic carbocycles. The molecule has 0 spiro atoms. The number of carbonyl (C=O) groups excluding carboxylic acids is 3. The summed E-state index contributed by atoms with van der Waals surface area (Å²) in [6, 6.07) is 8.88. The van der Waals surface area contributed by atoms with E-state index in [0.29, 0.717) is 6.42 Å². The minimum atomic E-state index is -0.630. The molecule has 1 atom stereocenters. The van der Waals surface area contributed by atoms with Gasteiger partial charge in [0.2, 0.25) is 0 Å². The molecule has 3 amide bonds. The van der Waals surface area contributed by atoms with Gasteiger partial charge in [-0.1, -0.05) is 37.3 Å². The van der Waals surface area contributed by atoms with Crippen molar-refractivity contribution in [2.45, 2.75) is 38.1 Å². The second kappa shape index (κ2) is 7.59. The first-order valence-electron chi connectivity index (χ1n) is 7.42. The van der Waals surface area contributed by atoms with Gasteiger partial charge in [-0.15, -0.1) is 0 Å². The Labute approximate surface area is 129 Å². The standard InChI is InChI=1S/C16H20N2O4/c1-2-13(11-6-4-3-5-7-11)15(20)22-10-14(19)18-16(21)17-12-8-9-12/h3-7,12-13H,2,8-10H2,1H3,(H2,17,18,19,21)/t13-/m1/s1. The summed E-state index contributed by atoms with van der Waals surface area (Å²) in [4.78, 5) is 35.0. The largest absolute Gasteiger partial charge is 0.455 e. The molecule has 0 aliphatic heterocycles. The number of rotatable bonds is 6. The van der Waals surface area contributed by atoms with E-state index in [-0.39, 0.29) is 6.04 Å². The van der Waals surface area contributed by atoms with Crippen LogP contribution >= 0.6 is 0 Å². The summed E-state index contributed by atoms with van der Waals surface area (Å²) in [5.41, 5.74) is 0.849. The van der Waals surface area contributed by atoms with E-state index in [9.17, 15) is 14.4 Å². The Kier molecular flexibility index (Phi) is 5.52. The van der Waals surface area contributed by atoms with E-state index < -0.39 is 30.4 Å². The Morgan fingerprint density at radius 1 is 1.23 bits per heavy atom. The Morgan fingerprint density at radius 2 is 1.91 bits per heavy atom. The van der Waals surface area contributed by atoms with E-state index in [1.807, 2.05) is 37.3 Å². The quantitative estimate of drug-likeness (QED) is 0.784. The molecule has 6 nitrogen and oxygen atoms in total. The van der Waals surface area contributed by atoms with Gasteiger partial charge in [-0.2, -0.15) is 0 Å². The van der Waals surface area contributed by atoms with Crippen molar-refractivity contribution < 1.29 is 19.1 Å². The van der Waals surface area contributed by atoms with Crippen molar-refractivity contribution in [1.82, 2.24) is 10.6 Å². The lowest BCUT2D eigenvalue weighted by Crippen LogP contribution is -2.42. The topological polar surface area (TPSA) is 84.5 Å². The molecule has 1 saturated carbocycles. The molecule has 1 aliphatic rings. The van der Waals surface area contributed by atoms with Crippen LogP contribution in [0.3, 0.4) is 0 Å². The maximum Gasteiger partial charge on any atom is 0.321 e. The zero-order valence-corrected chi connectivity index (χ0v) is 12.5. The number of amides is 3. The monoisotopic (exact) mass is 304 g/mol. The molecule has 0 radical (unpaired) electrons. The highest BCUT2D eigenvalue weighted by Crippen LogP contribution is 2.20. The van der Waals surface area contributed by atoms with Crippen molar-refractivity contribution in [3.8, 4) is 0 Å². The summed E-state index contributed by atoms with van der Waals surface area (Å²) in [6.45, 7) is 1.42. The molecule has 1 aliphatic carbocycles. The van der Waals surface area contributed by atoms with E-state index in [1.54, 1.807) is 0 Å². The van der Waals surface area contributed by atoms with Crippen LogP contribution in [0, 0.1) is 0 Å². The first-order chi connectivity index (χ1) is 10.6. The summed E-state index contributed by atoms with van der Waals surface area (Å²) < 4.78 is 5.00. The third kappa shape index (κ3) is 4.87. The van der Waals surface area contributed by atoms with Gasteiger partial charge in [0.05, 0.1) is 5.92 Å². The lowest BCUT2D eigenvalue weighted by molar-refractivity contribution is -0.149. The van der Waals surface area contributed by atoms with E-state index in [1.165, 1.54) is 0 Å². The Balaban J connectivity index is 1.77. The number of ether oxygens (including phenoxy) is 1. The number of esters is 1. The van der Waals surface area contributed by atoms with Crippen molar-refractivity contribution in [3.63, 3.8) is 0 Å². The predicted molar refractivity (Wildman–Crippen MR) is 80.1 cm³/mol. The Morgan fingerprint density at radius 3 is 2.50 bits per heavy atom. The van der Waals surface area contributed by atoms with Gasteiger partial charge in [0, 0.05) is 6.04 Å². The predicted octanol–water partition coefficient (Wildman–Crippen LogP) is 1.71. The summed E-state index contributed by atoms with van der Waals surface area (Å²) in [5.74, 6) is -1.50. The van der Waals surface area contributed by atoms with Crippen molar-refractivity contribution in [2.75, 3.05) is 6.61 Å². The fourth-order valence-corrected chi connectivity index (χ4v) is 2.07. The molecular weight excluding hydrogens is 284 g/mol. The van der Waals surface area contributed by atoms with Gasteiger partial charge in [-0.25, -0.2) is 4.79 Å². The van der Waals surface area contributed by atoms with Gasteiger partial charge in [0.1, 0.15) is 0 Å². The minimum Gasteiger partial charge on any atom is -0.455 e. The average molecular weight is 304 g/mol. The first-order valence-corrected chi connectivity index (χ1v) is 7.42. The maximum absolute atomic E-state index is 12.0. The van der Waals surface area contributed by atoms with Crippen molar-refractivity contribution in [1.29, 1.82) is 0 Å². The van der Waals surface area contributed by atoms with Crippen LogP contribution in [-0.4, -0.2) is 30.6 Å². The third-order valence-corrected chi connectivity index (χ3v) is 3.41. The van der Waals surface area contributed by atoms with Crippen LogP contribution < -0.4 is 10.6 Å². The molecule has 1 fully saturated rings. The molecule has 0 unspecified atom stereocenters. The molecule has 22 heavy (non-hydrogen) atoms. The van der Waals surface area contributed by atoms with Crippen molar-refractivity contribution in [3.05, 3.63) is 35.9 Å². The van der Waals surface area contributed by atoms with Gasteiger partial charge in [0.25, 0.3) is 5.91 Å². The van der Waals surface area contributed by atoms with Gasteiger partial charge >= 0.3 is 12.0 Å². The highest BCUT2D eigenvalue weighted by Gasteiger charge is 2.25. The van der Waals surface area contributed by atoms with Gasteiger partial charge < -0.3 is 10.1 Å². The molecule has 2 rings (SSSR count). The van der Waals surface area contributed by atoms with E-state index in [0.717, 1.165) is 18.4 Å². The van der Waals surface area contributed by atoms with Gasteiger partial charge in [0.15, 0.2) is 6.61 Å². The summed E-state index contributed by atoms with van der Waals surface area (Å²) in [6.07, 6.45) is 2.45. The summed E-state index contributed by atoms with van der Waals surface area (Å²) in [7, 11) is 0. The molecule has 6 heteroatoms. The van der Waals surface area contributed by atoms with Gasteiger partial charge in [-0.05, 0) is 24.8 Å². The lowest BCUT2D eigenvalue weighted by Gasteiger charge is -2.14. The van der Waals surface area contributed by atoms with E-state index >= 15 is 0 Å². The molecule has 118 valence electrons. The van der Waals surface area contributed by atoms with Crippen molar-refractivity contribution >= 4 is 17.9 Å². The molecule has 1 aromatic rings. The SMILES string of the molecule is CC[C@@H](C(=O)OCC(=O)NC(=O)NC1CC1)c1ccccc1. The molecule has 0 aromatic heterocycles. The molecular formula is C16H20N2O4. The molecule has 0 bridgehead atoms. The van der Waals surface area contributed by atoms with Crippen molar-refractivity contribution in [2.24, 2.45) is 0 Å². The number of urea groups is 1. The highest BCUT2D eigenvalue weighted by atomic mass is 16.5. The maximum atomic E-state index is 12.0. The zero-order chi connectivity index (χ0) is 15.9. The fraction of sp³-hybridized carbons (Fsp3) is 0.438. The number of hydrogen-bond acceptors (Lipinski definition) is 4. The van der Waals surface area contributed by atoms with Crippen LogP contribution in [0.1, 0.15) is 37.7 Å². The number of hydrogen-bond donors (Lipinski definition) is 2. The van der Waals surface area contributed by atoms with Crippen LogP contribution in [0.2, 0.25) is 0 Å². The van der Waals surface area contributed by atoms with Crippen LogP contribution in [0.15, 0.2) is 30.3 Å². The first kappa shape index (κ1) is 16.0. The smallest absolute Gasteiger partial charge is 0.321 e. The second-order valence-corrected chi connectivity index (χ2v) is 5.28. The normalized spacial score (nSPS) is 14.8. The van der Waals surface area contributed by atoms with Crippen LogP contribution in [0.5, 0.6) is 0 Å². The average Bonchev–Trinajstić information content (AvgIpc) is 3.31. The number of benzene rings is 1. The fourth-order valence-electron chi connectivity index (χ4n) is 2.07. The molecule has 2 N–H and O–H groups in total. The van der Waals surface area contributed by atoms with E-state index in [2.05, 4.69) is 10.6 Å². The molecule has 0 saturated heterocycles. The third-order valence-electron chi connectivity index (χ3n) is 3.41. The van der Waals surface area contributed by atoms with E-state index in [4.69, 9.17) is 4.74 Å². The lowest BCUT2D eigenvalue weighted by atomic mass is 9.97. The Hall–Kier alpha value is -2.37. The zero-order valence-electron chi connectivity index (χ0n) is 12.5. The minimum absolute atomic E-state index is 0.165. The van der Waals surface area contributed by atoms with Crippen LogP contribution in [-0.2, 0) is 14.3 Å². The number of imide groups is 1. The number of nitrogens with one attached hydrogen (secondary N) is 2. The summed E-state index contributed by atoms with van der Waals surface area (Å²) in [5, 5.41) is 4.76.